The first-order valence-electron chi connectivity index (χ1n) is 8.61. The zero-order valence-electron chi connectivity index (χ0n) is 14.0. The first-order valence-corrected chi connectivity index (χ1v) is 8.61. The Labute approximate surface area is 141 Å². The van der Waals surface area contributed by atoms with Crippen LogP contribution in [0.3, 0.4) is 0 Å². The normalized spacial score (nSPS) is 19.0. The number of imidazole rings is 1. The van der Waals surface area contributed by atoms with Crippen LogP contribution in [0.4, 0.5) is 4.39 Å². The molecule has 1 aliphatic rings. The van der Waals surface area contributed by atoms with Gasteiger partial charge in [0.25, 0.3) is 0 Å². The van der Waals surface area contributed by atoms with Crippen molar-refractivity contribution < 1.29 is 4.39 Å². The van der Waals surface area contributed by atoms with Crippen LogP contribution in [0.2, 0.25) is 0 Å². The summed E-state index contributed by atoms with van der Waals surface area (Å²) in [5, 5.41) is 0. The molecule has 0 aliphatic carbocycles. The van der Waals surface area contributed by atoms with Gasteiger partial charge in [0.15, 0.2) is 0 Å². The Bertz CT molecular complexity index is 838. The largest absolute Gasteiger partial charge is 0.304 e. The molecule has 0 amide bonds. The van der Waals surface area contributed by atoms with Crippen molar-refractivity contribution in [2.75, 3.05) is 13.1 Å². The summed E-state index contributed by atoms with van der Waals surface area (Å²) in [7, 11) is 0. The summed E-state index contributed by atoms with van der Waals surface area (Å²) in [5.74, 6) is 1.34. The van der Waals surface area contributed by atoms with Crippen LogP contribution in [0.5, 0.6) is 0 Å². The Morgan fingerprint density at radius 2 is 2.00 bits per heavy atom. The number of likely N-dealkylation sites (tertiary alicyclic amines) is 1. The summed E-state index contributed by atoms with van der Waals surface area (Å²) in [6.07, 6.45) is 4.44. The van der Waals surface area contributed by atoms with Gasteiger partial charge in [-0.1, -0.05) is 18.2 Å². The predicted molar refractivity (Wildman–Crippen MR) is 93.6 cm³/mol. The molecule has 2 aromatic heterocycles. The summed E-state index contributed by atoms with van der Waals surface area (Å²) in [6, 6.07) is 13.1. The molecule has 3 heterocycles. The fourth-order valence-electron chi connectivity index (χ4n) is 3.79. The fourth-order valence-corrected chi connectivity index (χ4v) is 3.79. The Morgan fingerprint density at radius 3 is 2.83 bits per heavy atom. The van der Waals surface area contributed by atoms with Gasteiger partial charge in [0, 0.05) is 25.2 Å². The van der Waals surface area contributed by atoms with Crippen molar-refractivity contribution in [1.82, 2.24) is 14.3 Å². The number of piperidine rings is 1. The zero-order chi connectivity index (χ0) is 16.5. The zero-order valence-corrected chi connectivity index (χ0v) is 14.0. The molecular formula is C20H22FN3. The summed E-state index contributed by atoms with van der Waals surface area (Å²) in [5.41, 5.74) is 3.61. The van der Waals surface area contributed by atoms with Crippen molar-refractivity contribution in [2.45, 2.75) is 32.2 Å². The highest BCUT2D eigenvalue weighted by molar-refractivity contribution is 5.54. The molecule has 4 heteroatoms. The highest BCUT2D eigenvalue weighted by Gasteiger charge is 2.25. The Balaban J connectivity index is 1.55. The third-order valence-electron chi connectivity index (χ3n) is 4.96. The van der Waals surface area contributed by atoms with E-state index in [0.29, 0.717) is 5.92 Å². The molecule has 0 saturated carbocycles. The second kappa shape index (κ2) is 6.36. The summed E-state index contributed by atoms with van der Waals surface area (Å²) in [6.45, 7) is 5.05. The molecule has 0 bridgehead atoms. The van der Waals surface area contributed by atoms with E-state index in [0.717, 1.165) is 25.5 Å². The van der Waals surface area contributed by atoms with Crippen LogP contribution in [0.1, 0.15) is 35.8 Å². The second-order valence-electron chi connectivity index (χ2n) is 6.70. The maximum absolute atomic E-state index is 13.1. The van der Waals surface area contributed by atoms with Gasteiger partial charge in [-0.2, -0.15) is 0 Å². The molecule has 0 radical (unpaired) electrons. The van der Waals surface area contributed by atoms with Gasteiger partial charge in [-0.05, 0) is 56.1 Å². The lowest BCUT2D eigenvalue weighted by atomic mass is 9.93. The van der Waals surface area contributed by atoms with Crippen LogP contribution < -0.4 is 0 Å². The number of aromatic nitrogens is 2. The molecule has 3 aromatic rings. The predicted octanol–water partition coefficient (Wildman–Crippen LogP) is 4.16. The fraction of sp³-hybridized carbons (Fsp3) is 0.350. The van der Waals surface area contributed by atoms with E-state index >= 15 is 0 Å². The summed E-state index contributed by atoms with van der Waals surface area (Å²) < 4.78 is 15.2. The number of benzene rings is 1. The van der Waals surface area contributed by atoms with E-state index in [-0.39, 0.29) is 5.82 Å². The van der Waals surface area contributed by atoms with E-state index in [4.69, 9.17) is 4.98 Å². The molecule has 1 aromatic carbocycles. The van der Waals surface area contributed by atoms with Crippen LogP contribution in [-0.4, -0.2) is 27.4 Å². The van der Waals surface area contributed by atoms with Crippen molar-refractivity contribution in [1.29, 1.82) is 0 Å². The summed E-state index contributed by atoms with van der Waals surface area (Å²) in [4.78, 5) is 7.32. The SMILES string of the molecule is Cc1nc([C@H]2CCCN(Cc3ccc(F)cc3)C2)c2ccccn12. The number of rotatable bonds is 3. The van der Waals surface area contributed by atoms with Crippen molar-refractivity contribution in [3.63, 3.8) is 0 Å². The van der Waals surface area contributed by atoms with Crippen LogP contribution in [0, 0.1) is 12.7 Å². The Kier molecular flexibility index (Phi) is 4.07. The monoisotopic (exact) mass is 323 g/mol. The Hall–Kier alpha value is -2.20. The van der Waals surface area contributed by atoms with E-state index in [1.54, 1.807) is 12.1 Å². The number of aryl methyl sites for hydroxylation is 1. The van der Waals surface area contributed by atoms with E-state index < -0.39 is 0 Å². The molecule has 0 N–H and O–H groups in total. The lowest BCUT2D eigenvalue weighted by Gasteiger charge is -2.32. The second-order valence-corrected chi connectivity index (χ2v) is 6.70. The van der Waals surface area contributed by atoms with Gasteiger partial charge in [0.05, 0.1) is 11.2 Å². The molecule has 1 aliphatic heterocycles. The molecule has 24 heavy (non-hydrogen) atoms. The van der Waals surface area contributed by atoms with Gasteiger partial charge in [0.1, 0.15) is 11.6 Å². The minimum atomic E-state index is -0.171. The van der Waals surface area contributed by atoms with Gasteiger partial charge in [0.2, 0.25) is 0 Å². The lowest BCUT2D eigenvalue weighted by Crippen LogP contribution is -2.34. The van der Waals surface area contributed by atoms with Gasteiger partial charge in [-0.3, -0.25) is 4.90 Å². The standard InChI is InChI=1S/C20H22FN3/c1-15-22-20(19-6-2-3-12-24(15)19)17-5-4-11-23(14-17)13-16-7-9-18(21)10-8-16/h2-3,6-10,12,17H,4-5,11,13-14H2,1H3/t17-/m0/s1. The van der Waals surface area contributed by atoms with E-state index in [1.807, 2.05) is 18.2 Å². The average molecular weight is 323 g/mol. The van der Waals surface area contributed by atoms with Crippen molar-refractivity contribution >= 4 is 5.52 Å². The number of nitrogens with zero attached hydrogens (tertiary/aromatic N) is 3. The number of pyridine rings is 1. The molecule has 1 atom stereocenters. The quantitative estimate of drug-likeness (QED) is 0.721. The number of halogens is 1. The summed E-state index contributed by atoms with van der Waals surface area (Å²) >= 11 is 0. The molecule has 1 saturated heterocycles. The maximum atomic E-state index is 13.1. The Morgan fingerprint density at radius 1 is 1.17 bits per heavy atom. The number of fused-ring (bicyclic) bond motifs is 1. The molecule has 0 spiro atoms. The van der Waals surface area contributed by atoms with Gasteiger partial charge >= 0.3 is 0 Å². The first-order chi connectivity index (χ1) is 11.7. The maximum Gasteiger partial charge on any atom is 0.123 e. The van der Waals surface area contributed by atoms with Crippen LogP contribution in [0.15, 0.2) is 48.7 Å². The van der Waals surface area contributed by atoms with Gasteiger partial charge in [-0.25, -0.2) is 9.37 Å². The topological polar surface area (TPSA) is 20.5 Å². The van der Waals surface area contributed by atoms with Crippen molar-refractivity contribution in [3.8, 4) is 0 Å². The van der Waals surface area contributed by atoms with Crippen LogP contribution >= 0.6 is 0 Å². The highest BCUT2D eigenvalue weighted by atomic mass is 19.1. The number of hydrogen-bond donors (Lipinski definition) is 0. The molecule has 124 valence electrons. The van der Waals surface area contributed by atoms with Gasteiger partial charge < -0.3 is 4.40 Å². The van der Waals surface area contributed by atoms with Gasteiger partial charge in [-0.15, -0.1) is 0 Å². The van der Waals surface area contributed by atoms with E-state index in [1.165, 1.54) is 29.6 Å². The minimum Gasteiger partial charge on any atom is -0.304 e. The minimum absolute atomic E-state index is 0.171. The first kappa shape index (κ1) is 15.3. The molecule has 1 fully saturated rings. The molecule has 4 rings (SSSR count). The molecular weight excluding hydrogens is 301 g/mol. The highest BCUT2D eigenvalue weighted by Crippen LogP contribution is 2.30. The third kappa shape index (κ3) is 2.94. The smallest absolute Gasteiger partial charge is 0.123 e. The van der Waals surface area contributed by atoms with Crippen LogP contribution in [-0.2, 0) is 6.54 Å². The lowest BCUT2D eigenvalue weighted by molar-refractivity contribution is 0.199. The molecule has 3 nitrogen and oxygen atoms in total. The third-order valence-corrected chi connectivity index (χ3v) is 4.96. The van der Waals surface area contributed by atoms with Crippen molar-refractivity contribution in [2.24, 2.45) is 0 Å². The van der Waals surface area contributed by atoms with Crippen molar-refractivity contribution in [3.05, 3.63) is 71.6 Å². The van der Waals surface area contributed by atoms with E-state index in [2.05, 4.69) is 34.6 Å². The number of hydrogen-bond acceptors (Lipinski definition) is 2. The van der Waals surface area contributed by atoms with Crippen LogP contribution in [0.25, 0.3) is 5.52 Å². The van der Waals surface area contributed by atoms with E-state index in [9.17, 15) is 4.39 Å². The average Bonchev–Trinajstić information content (AvgIpc) is 2.95. The molecule has 0 unspecified atom stereocenters.